The van der Waals surface area contributed by atoms with Crippen LogP contribution in [0.3, 0.4) is 0 Å². The Labute approximate surface area is 152 Å². The molecular formula is C20H22N4O2. The number of nitrogens with one attached hydrogen (secondary N) is 1. The lowest BCUT2D eigenvalue weighted by Crippen LogP contribution is -2.24. The second-order valence-corrected chi connectivity index (χ2v) is 5.75. The van der Waals surface area contributed by atoms with Crippen LogP contribution in [-0.2, 0) is 0 Å². The van der Waals surface area contributed by atoms with Crippen LogP contribution < -0.4 is 15.0 Å². The number of hydrogen-bond donors (Lipinski definition) is 1. The van der Waals surface area contributed by atoms with Gasteiger partial charge in [0.2, 0.25) is 0 Å². The molecule has 0 fully saturated rings. The maximum absolute atomic E-state index is 12.3. The van der Waals surface area contributed by atoms with Crippen LogP contribution in [0.25, 0.3) is 11.0 Å². The van der Waals surface area contributed by atoms with E-state index < -0.39 is 0 Å². The molecule has 0 aliphatic heterocycles. The first kappa shape index (κ1) is 17.7. The van der Waals surface area contributed by atoms with Gasteiger partial charge in [0.05, 0.1) is 18.1 Å². The Kier molecular flexibility index (Phi) is 5.31. The minimum atomic E-state index is -0.157. The highest BCUT2D eigenvalue weighted by atomic mass is 16.5. The molecule has 0 radical (unpaired) electrons. The van der Waals surface area contributed by atoms with E-state index in [1.807, 2.05) is 36.4 Å². The standard InChI is InChI=1S/C20H22N4O2/c1-4-24(5-2)18-20(26-3)23-16-12-11-15(13-17(16)22-18)21-19(25)14-9-7-6-8-10-14/h6-13H,4-5H2,1-3H3,(H,21,25). The highest BCUT2D eigenvalue weighted by molar-refractivity contribution is 6.04. The summed E-state index contributed by atoms with van der Waals surface area (Å²) in [6.07, 6.45) is 0. The van der Waals surface area contributed by atoms with Crippen molar-refractivity contribution in [1.29, 1.82) is 0 Å². The molecule has 26 heavy (non-hydrogen) atoms. The minimum absolute atomic E-state index is 0.157. The van der Waals surface area contributed by atoms with Crippen molar-refractivity contribution in [3.63, 3.8) is 0 Å². The Morgan fingerprint density at radius 3 is 2.42 bits per heavy atom. The SMILES string of the molecule is CCN(CC)c1nc2cc(NC(=O)c3ccccc3)ccc2nc1OC. The fourth-order valence-corrected chi connectivity index (χ4v) is 2.77. The van der Waals surface area contributed by atoms with Gasteiger partial charge in [-0.25, -0.2) is 9.97 Å². The fourth-order valence-electron chi connectivity index (χ4n) is 2.77. The molecule has 1 aromatic heterocycles. The van der Waals surface area contributed by atoms with Gasteiger partial charge in [0.1, 0.15) is 0 Å². The van der Waals surface area contributed by atoms with Crippen LogP contribution in [0.15, 0.2) is 48.5 Å². The molecule has 0 saturated carbocycles. The molecule has 3 rings (SSSR count). The molecule has 1 N–H and O–H groups in total. The third kappa shape index (κ3) is 3.59. The summed E-state index contributed by atoms with van der Waals surface area (Å²) in [4.78, 5) is 23.7. The second kappa shape index (κ2) is 7.82. The Morgan fingerprint density at radius 2 is 1.77 bits per heavy atom. The van der Waals surface area contributed by atoms with E-state index >= 15 is 0 Å². The van der Waals surface area contributed by atoms with Crippen LogP contribution >= 0.6 is 0 Å². The molecule has 0 atom stereocenters. The van der Waals surface area contributed by atoms with Gasteiger partial charge in [0.15, 0.2) is 5.82 Å². The molecule has 0 saturated heterocycles. The van der Waals surface area contributed by atoms with Crippen LogP contribution in [0.5, 0.6) is 5.88 Å². The first-order valence-electron chi connectivity index (χ1n) is 8.63. The molecule has 1 amide bonds. The zero-order chi connectivity index (χ0) is 18.5. The number of fused-ring (bicyclic) bond motifs is 1. The number of methoxy groups -OCH3 is 1. The summed E-state index contributed by atoms with van der Waals surface area (Å²) in [5, 5.41) is 2.90. The van der Waals surface area contributed by atoms with Crippen LogP contribution in [-0.4, -0.2) is 36.1 Å². The molecule has 6 nitrogen and oxygen atoms in total. The normalized spacial score (nSPS) is 10.6. The first-order chi connectivity index (χ1) is 12.7. The van der Waals surface area contributed by atoms with Crippen molar-refractivity contribution in [2.45, 2.75) is 13.8 Å². The van der Waals surface area contributed by atoms with Crippen molar-refractivity contribution in [1.82, 2.24) is 9.97 Å². The summed E-state index contributed by atoms with van der Waals surface area (Å²) >= 11 is 0. The Hall–Kier alpha value is -3.15. The summed E-state index contributed by atoms with van der Waals surface area (Å²) < 4.78 is 5.41. The van der Waals surface area contributed by atoms with E-state index in [4.69, 9.17) is 9.72 Å². The fraction of sp³-hybridized carbons (Fsp3) is 0.250. The third-order valence-electron chi connectivity index (χ3n) is 4.17. The monoisotopic (exact) mass is 350 g/mol. The number of nitrogens with zero attached hydrogens (tertiary/aromatic N) is 3. The topological polar surface area (TPSA) is 67.4 Å². The lowest BCUT2D eigenvalue weighted by Gasteiger charge is -2.21. The van der Waals surface area contributed by atoms with Gasteiger partial charge < -0.3 is 15.0 Å². The van der Waals surface area contributed by atoms with Gasteiger partial charge in [-0.3, -0.25) is 4.79 Å². The van der Waals surface area contributed by atoms with E-state index in [2.05, 4.69) is 29.0 Å². The lowest BCUT2D eigenvalue weighted by molar-refractivity contribution is 0.102. The molecule has 0 aliphatic rings. The number of amides is 1. The van der Waals surface area contributed by atoms with E-state index in [0.29, 0.717) is 28.5 Å². The molecule has 6 heteroatoms. The van der Waals surface area contributed by atoms with Gasteiger partial charge in [0, 0.05) is 24.3 Å². The molecule has 134 valence electrons. The Balaban J connectivity index is 1.95. The van der Waals surface area contributed by atoms with E-state index in [1.54, 1.807) is 19.2 Å². The number of aromatic nitrogens is 2. The van der Waals surface area contributed by atoms with Gasteiger partial charge in [-0.1, -0.05) is 18.2 Å². The van der Waals surface area contributed by atoms with E-state index in [0.717, 1.165) is 18.6 Å². The highest BCUT2D eigenvalue weighted by Gasteiger charge is 2.15. The van der Waals surface area contributed by atoms with E-state index in [9.17, 15) is 4.79 Å². The van der Waals surface area contributed by atoms with Gasteiger partial charge in [-0.15, -0.1) is 0 Å². The van der Waals surface area contributed by atoms with Crippen molar-refractivity contribution in [2.75, 3.05) is 30.4 Å². The predicted molar refractivity (Wildman–Crippen MR) is 104 cm³/mol. The first-order valence-corrected chi connectivity index (χ1v) is 8.63. The lowest BCUT2D eigenvalue weighted by atomic mass is 10.2. The molecule has 3 aromatic rings. The van der Waals surface area contributed by atoms with Crippen molar-refractivity contribution < 1.29 is 9.53 Å². The number of carbonyl (C=O) groups excluding carboxylic acids is 1. The largest absolute Gasteiger partial charge is 0.478 e. The summed E-state index contributed by atoms with van der Waals surface area (Å²) in [6.45, 7) is 5.73. The third-order valence-corrected chi connectivity index (χ3v) is 4.17. The van der Waals surface area contributed by atoms with Crippen molar-refractivity contribution >= 4 is 28.4 Å². The molecule has 0 aliphatic carbocycles. The average Bonchev–Trinajstić information content (AvgIpc) is 2.69. The number of anilines is 2. The van der Waals surface area contributed by atoms with Crippen LogP contribution in [0, 0.1) is 0 Å². The smallest absolute Gasteiger partial charge is 0.257 e. The zero-order valence-corrected chi connectivity index (χ0v) is 15.2. The van der Waals surface area contributed by atoms with Crippen molar-refractivity contribution in [2.24, 2.45) is 0 Å². The molecule has 1 heterocycles. The number of benzene rings is 2. The summed E-state index contributed by atoms with van der Waals surface area (Å²) in [5.74, 6) is 1.05. The maximum atomic E-state index is 12.3. The molecule has 0 bridgehead atoms. The second-order valence-electron chi connectivity index (χ2n) is 5.75. The van der Waals surface area contributed by atoms with Gasteiger partial charge in [-0.05, 0) is 44.2 Å². The number of rotatable bonds is 6. The number of hydrogen-bond acceptors (Lipinski definition) is 5. The van der Waals surface area contributed by atoms with Crippen LogP contribution in [0.2, 0.25) is 0 Å². The average molecular weight is 350 g/mol. The Bertz CT molecular complexity index is 908. The highest BCUT2D eigenvalue weighted by Crippen LogP contribution is 2.28. The maximum Gasteiger partial charge on any atom is 0.257 e. The quantitative estimate of drug-likeness (QED) is 0.733. The molecule has 0 spiro atoms. The van der Waals surface area contributed by atoms with E-state index in [1.165, 1.54) is 0 Å². The number of ether oxygens (including phenoxy) is 1. The van der Waals surface area contributed by atoms with Crippen LogP contribution in [0.4, 0.5) is 11.5 Å². The van der Waals surface area contributed by atoms with Crippen molar-refractivity contribution in [3.05, 3.63) is 54.1 Å². The Morgan fingerprint density at radius 1 is 1.04 bits per heavy atom. The van der Waals surface area contributed by atoms with Crippen LogP contribution in [0.1, 0.15) is 24.2 Å². The van der Waals surface area contributed by atoms with Gasteiger partial charge in [0.25, 0.3) is 11.8 Å². The summed E-state index contributed by atoms with van der Waals surface area (Å²) in [7, 11) is 1.59. The van der Waals surface area contributed by atoms with E-state index in [-0.39, 0.29) is 5.91 Å². The van der Waals surface area contributed by atoms with Crippen molar-refractivity contribution in [3.8, 4) is 5.88 Å². The molecule has 0 unspecified atom stereocenters. The zero-order valence-electron chi connectivity index (χ0n) is 15.2. The predicted octanol–water partition coefficient (Wildman–Crippen LogP) is 3.74. The summed E-state index contributed by atoms with van der Waals surface area (Å²) in [5.41, 5.74) is 2.71. The molecule has 2 aromatic carbocycles. The minimum Gasteiger partial charge on any atom is -0.478 e. The van der Waals surface area contributed by atoms with Gasteiger partial charge in [-0.2, -0.15) is 0 Å². The number of carbonyl (C=O) groups is 1. The summed E-state index contributed by atoms with van der Waals surface area (Å²) in [6, 6.07) is 14.6. The molecular weight excluding hydrogens is 328 g/mol. The van der Waals surface area contributed by atoms with Gasteiger partial charge >= 0.3 is 0 Å².